The van der Waals surface area contributed by atoms with Gasteiger partial charge >= 0.3 is 0 Å². The molecule has 0 atom stereocenters. The number of nitrogens with zero attached hydrogens (tertiary/aromatic N) is 1. The SMILES string of the molecule is [c]1cccnc1-c1cccc2ccccc12. The van der Waals surface area contributed by atoms with Crippen LogP contribution in [0.15, 0.2) is 60.8 Å². The van der Waals surface area contributed by atoms with E-state index < -0.39 is 0 Å². The summed E-state index contributed by atoms with van der Waals surface area (Å²) in [6.07, 6.45) is 1.80. The topological polar surface area (TPSA) is 12.9 Å². The largest absolute Gasteiger partial charge is 0.256 e. The monoisotopic (exact) mass is 204 g/mol. The van der Waals surface area contributed by atoms with E-state index in [0.29, 0.717) is 0 Å². The molecule has 0 bridgehead atoms. The van der Waals surface area contributed by atoms with Crippen LogP contribution in [-0.2, 0) is 0 Å². The maximum absolute atomic E-state index is 4.34. The summed E-state index contributed by atoms with van der Waals surface area (Å²) in [6, 6.07) is 21.5. The third-order valence-electron chi connectivity index (χ3n) is 2.65. The van der Waals surface area contributed by atoms with E-state index in [9.17, 15) is 0 Å². The van der Waals surface area contributed by atoms with Crippen LogP contribution in [0, 0.1) is 6.07 Å². The van der Waals surface area contributed by atoms with Gasteiger partial charge in [0.2, 0.25) is 0 Å². The number of hydrogen-bond donors (Lipinski definition) is 0. The fraction of sp³-hybridized carbons (Fsp3) is 0. The second kappa shape index (κ2) is 3.78. The molecule has 1 heterocycles. The van der Waals surface area contributed by atoms with Gasteiger partial charge in [-0.15, -0.1) is 0 Å². The van der Waals surface area contributed by atoms with E-state index in [0.717, 1.165) is 11.3 Å². The van der Waals surface area contributed by atoms with E-state index in [1.165, 1.54) is 10.8 Å². The van der Waals surface area contributed by atoms with Gasteiger partial charge < -0.3 is 0 Å². The molecule has 0 aliphatic rings. The second-order valence-corrected chi connectivity index (χ2v) is 3.66. The van der Waals surface area contributed by atoms with E-state index in [1.807, 2.05) is 18.2 Å². The van der Waals surface area contributed by atoms with Gasteiger partial charge in [-0.1, -0.05) is 48.5 Å². The zero-order valence-corrected chi connectivity index (χ0v) is 8.72. The van der Waals surface area contributed by atoms with Crippen LogP contribution in [0.1, 0.15) is 0 Å². The highest BCUT2D eigenvalue weighted by molar-refractivity contribution is 5.95. The summed E-state index contributed by atoms with van der Waals surface area (Å²) in [7, 11) is 0. The molecule has 0 unspecified atom stereocenters. The molecule has 1 aromatic heterocycles. The summed E-state index contributed by atoms with van der Waals surface area (Å²) >= 11 is 0. The molecule has 0 N–H and O–H groups in total. The molecule has 3 rings (SSSR count). The third kappa shape index (κ3) is 1.47. The molecule has 0 saturated heterocycles. The van der Waals surface area contributed by atoms with Crippen LogP contribution in [0.25, 0.3) is 22.0 Å². The molecule has 1 nitrogen and oxygen atoms in total. The van der Waals surface area contributed by atoms with Crippen LogP contribution < -0.4 is 0 Å². The maximum Gasteiger partial charge on any atom is 0.0787 e. The number of aromatic nitrogens is 1. The van der Waals surface area contributed by atoms with E-state index in [4.69, 9.17) is 0 Å². The summed E-state index contributed by atoms with van der Waals surface area (Å²) in [4.78, 5) is 4.34. The van der Waals surface area contributed by atoms with Crippen LogP contribution in [0.2, 0.25) is 0 Å². The van der Waals surface area contributed by atoms with Gasteiger partial charge in [-0.2, -0.15) is 0 Å². The summed E-state index contributed by atoms with van der Waals surface area (Å²) in [5, 5.41) is 2.46. The van der Waals surface area contributed by atoms with E-state index >= 15 is 0 Å². The molecular weight excluding hydrogens is 194 g/mol. The van der Waals surface area contributed by atoms with Gasteiger partial charge in [0.05, 0.1) is 5.69 Å². The minimum Gasteiger partial charge on any atom is -0.256 e. The first-order valence-corrected chi connectivity index (χ1v) is 5.26. The van der Waals surface area contributed by atoms with Crippen molar-refractivity contribution in [3.63, 3.8) is 0 Å². The molecule has 0 amide bonds. The summed E-state index contributed by atoms with van der Waals surface area (Å²) in [6.45, 7) is 0. The number of hydrogen-bond acceptors (Lipinski definition) is 1. The Morgan fingerprint density at radius 1 is 0.875 bits per heavy atom. The van der Waals surface area contributed by atoms with Crippen molar-refractivity contribution in [2.24, 2.45) is 0 Å². The van der Waals surface area contributed by atoms with Crippen molar-refractivity contribution in [2.75, 3.05) is 0 Å². The average Bonchev–Trinajstić information content (AvgIpc) is 2.39. The van der Waals surface area contributed by atoms with Crippen molar-refractivity contribution in [3.8, 4) is 11.3 Å². The van der Waals surface area contributed by atoms with Crippen LogP contribution in [0.4, 0.5) is 0 Å². The fourth-order valence-corrected chi connectivity index (χ4v) is 1.90. The van der Waals surface area contributed by atoms with Crippen LogP contribution in [0.5, 0.6) is 0 Å². The van der Waals surface area contributed by atoms with Gasteiger partial charge in [0.15, 0.2) is 0 Å². The quantitative estimate of drug-likeness (QED) is 0.589. The van der Waals surface area contributed by atoms with Crippen molar-refractivity contribution >= 4 is 10.8 Å². The molecule has 0 spiro atoms. The number of rotatable bonds is 1. The lowest BCUT2D eigenvalue weighted by Crippen LogP contribution is -1.84. The highest BCUT2D eigenvalue weighted by Gasteiger charge is 2.02. The number of pyridine rings is 1. The summed E-state index contributed by atoms with van der Waals surface area (Å²) < 4.78 is 0. The van der Waals surface area contributed by atoms with Crippen molar-refractivity contribution in [1.29, 1.82) is 0 Å². The second-order valence-electron chi connectivity index (χ2n) is 3.66. The molecule has 16 heavy (non-hydrogen) atoms. The molecule has 2 aromatic carbocycles. The van der Waals surface area contributed by atoms with Gasteiger partial charge in [-0.05, 0) is 16.8 Å². The lowest BCUT2D eigenvalue weighted by molar-refractivity contribution is 1.33. The Kier molecular flexibility index (Phi) is 2.15. The first kappa shape index (κ1) is 9.10. The predicted octanol–water partition coefficient (Wildman–Crippen LogP) is 3.70. The zero-order valence-electron chi connectivity index (χ0n) is 8.72. The van der Waals surface area contributed by atoms with Gasteiger partial charge in [0.1, 0.15) is 0 Å². The van der Waals surface area contributed by atoms with E-state index in [1.54, 1.807) is 6.20 Å². The highest BCUT2D eigenvalue weighted by Crippen LogP contribution is 2.26. The summed E-state index contributed by atoms with van der Waals surface area (Å²) in [5.41, 5.74) is 2.04. The van der Waals surface area contributed by atoms with E-state index in [2.05, 4.69) is 47.4 Å². The fourth-order valence-electron chi connectivity index (χ4n) is 1.90. The smallest absolute Gasteiger partial charge is 0.0787 e. The minimum atomic E-state index is 0.902. The van der Waals surface area contributed by atoms with Gasteiger partial charge in [0, 0.05) is 17.8 Å². The van der Waals surface area contributed by atoms with Crippen LogP contribution in [-0.4, -0.2) is 4.98 Å². The highest BCUT2D eigenvalue weighted by atomic mass is 14.7. The van der Waals surface area contributed by atoms with E-state index in [-0.39, 0.29) is 0 Å². The van der Waals surface area contributed by atoms with Crippen molar-refractivity contribution in [1.82, 2.24) is 4.98 Å². The molecule has 0 aliphatic carbocycles. The minimum absolute atomic E-state index is 0.902. The summed E-state index contributed by atoms with van der Waals surface area (Å²) in [5.74, 6) is 0. The number of fused-ring (bicyclic) bond motifs is 1. The average molecular weight is 204 g/mol. The molecule has 3 aromatic rings. The van der Waals surface area contributed by atoms with Crippen molar-refractivity contribution in [3.05, 3.63) is 66.9 Å². The Labute approximate surface area is 94.4 Å². The Morgan fingerprint density at radius 2 is 1.75 bits per heavy atom. The normalized spacial score (nSPS) is 10.5. The Morgan fingerprint density at radius 3 is 2.62 bits per heavy atom. The standard InChI is InChI=1S/C15H10N/c1-2-8-13-12(6-1)7-5-9-14(13)15-10-3-4-11-16-15/h1-9,11H. The zero-order chi connectivity index (χ0) is 10.8. The first-order valence-electron chi connectivity index (χ1n) is 5.26. The first-order chi connectivity index (χ1) is 7.95. The molecule has 1 radical (unpaired) electrons. The molecule has 0 saturated carbocycles. The van der Waals surface area contributed by atoms with Crippen molar-refractivity contribution < 1.29 is 0 Å². The third-order valence-corrected chi connectivity index (χ3v) is 2.65. The van der Waals surface area contributed by atoms with Crippen LogP contribution in [0.3, 0.4) is 0 Å². The Hall–Kier alpha value is -2.15. The Bertz CT molecular complexity index is 609. The predicted molar refractivity (Wildman–Crippen MR) is 66.0 cm³/mol. The van der Waals surface area contributed by atoms with Crippen LogP contribution >= 0.6 is 0 Å². The molecular formula is C15H10N. The lowest BCUT2D eigenvalue weighted by Gasteiger charge is -2.04. The molecule has 0 fully saturated rings. The van der Waals surface area contributed by atoms with Gasteiger partial charge in [0.25, 0.3) is 0 Å². The van der Waals surface area contributed by atoms with Gasteiger partial charge in [-0.3, -0.25) is 4.98 Å². The molecule has 0 aliphatic heterocycles. The Balaban J connectivity index is 2.32. The maximum atomic E-state index is 4.34. The molecule has 75 valence electrons. The van der Waals surface area contributed by atoms with Crippen molar-refractivity contribution in [2.45, 2.75) is 0 Å². The number of benzene rings is 2. The molecule has 1 heteroatoms. The van der Waals surface area contributed by atoms with Gasteiger partial charge in [-0.25, -0.2) is 0 Å². The lowest BCUT2D eigenvalue weighted by atomic mass is 10.0.